The van der Waals surface area contributed by atoms with Gasteiger partial charge in [-0.25, -0.2) is 4.79 Å². The maximum Gasteiger partial charge on any atom is 0.323 e. The first-order valence-corrected chi connectivity index (χ1v) is 8.94. The highest BCUT2D eigenvalue weighted by Gasteiger charge is 2.37. The topological polar surface area (TPSA) is 139 Å². The zero-order valence-corrected chi connectivity index (χ0v) is 15.4. The highest BCUT2D eigenvalue weighted by atomic mass is 16.5. The zero-order valence-electron chi connectivity index (χ0n) is 15.4. The fourth-order valence-corrected chi connectivity index (χ4v) is 3.45. The van der Waals surface area contributed by atoms with Crippen molar-refractivity contribution >= 4 is 11.0 Å². The normalized spacial score (nSPS) is 24.6. The fourth-order valence-electron chi connectivity index (χ4n) is 3.45. The Morgan fingerprint density at radius 3 is 2.50 bits per heavy atom. The van der Waals surface area contributed by atoms with Crippen molar-refractivity contribution in [2.75, 3.05) is 13.7 Å². The van der Waals surface area contributed by atoms with E-state index in [-0.39, 0.29) is 18.7 Å². The minimum atomic E-state index is -1.06. The fraction of sp³-hybridized carbons (Fsp3) is 0.350. The van der Waals surface area contributed by atoms with Crippen LogP contribution >= 0.6 is 0 Å². The van der Waals surface area contributed by atoms with E-state index in [1.807, 2.05) is 42.5 Å². The van der Waals surface area contributed by atoms with E-state index in [2.05, 4.69) is 9.97 Å². The lowest BCUT2D eigenvalue weighted by Gasteiger charge is -2.37. The monoisotopic (exact) mass is 388 g/mol. The summed E-state index contributed by atoms with van der Waals surface area (Å²) in [4.78, 5) is 16.9. The number of aromatic nitrogens is 2. The van der Waals surface area contributed by atoms with Gasteiger partial charge < -0.3 is 35.1 Å². The van der Waals surface area contributed by atoms with Crippen LogP contribution in [0.1, 0.15) is 18.1 Å². The van der Waals surface area contributed by atoms with Gasteiger partial charge in [0.25, 0.3) is 0 Å². The van der Waals surface area contributed by atoms with Gasteiger partial charge in [0.15, 0.2) is 0 Å². The number of aromatic amines is 2. The molecule has 3 aromatic rings. The molecule has 1 aromatic heterocycles. The van der Waals surface area contributed by atoms with E-state index in [4.69, 9.17) is 9.84 Å². The molecule has 150 valence electrons. The predicted octanol–water partition coefficient (Wildman–Crippen LogP) is 0.676. The minimum absolute atomic E-state index is 0.200. The Kier molecular flexibility index (Phi) is 6.28. The van der Waals surface area contributed by atoms with E-state index in [1.54, 1.807) is 0 Å². The number of hydrogen-bond acceptors (Lipinski definition) is 6. The molecule has 3 unspecified atom stereocenters. The molecule has 0 bridgehead atoms. The number of imidazole rings is 1. The Morgan fingerprint density at radius 1 is 1.04 bits per heavy atom. The van der Waals surface area contributed by atoms with Gasteiger partial charge in [0.05, 0.1) is 29.8 Å². The molecule has 0 radical (unpaired) electrons. The Morgan fingerprint density at radius 2 is 1.75 bits per heavy atom. The van der Waals surface area contributed by atoms with E-state index >= 15 is 0 Å². The van der Waals surface area contributed by atoms with Crippen molar-refractivity contribution in [3.63, 3.8) is 0 Å². The van der Waals surface area contributed by atoms with Crippen LogP contribution in [0.5, 0.6) is 0 Å². The van der Waals surface area contributed by atoms with Gasteiger partial charge in [0.2, 0.25) is 0 Å². The van der Waals surface area contributed by atoms with E-state index in [0.717, 1.165) is 29.3 Å². The molecule has 0 spiro atoms. The summed E-state index contributed by atoms with van der Waals surface area (Å²) in [5, 5.41) is 36.7. The number of rotatable bonds is 3. The molecule has 2 heterocycles. The standard InChI is InChI=1S/C19H20N2O5.CH4O/c22-9-13-8-16(23)17(24)18(26-13)12-3-1-2-10(6-12)11-4-5-14-15(7-11)21-19(25)20-14;1-2/h1-7,13,16-18,22-24H,8-9H2,(H2,20,21,25);2H,1H3/t13?,16?,17?,18-;/m1./s1. The molecule has 8 heteroatoms. The molecule has 4 rings (SSSR count). The molecule has 1 aliphatic rings. The molecule has 1 fully saturated rings. The SMILES string of the molecule is CO.O=c1[nH]c2ccc(-c3cccc([C@H]4OC(CO)CC(O)C4O)c3)cc2[nH]1. The Hall–Kier alpha value is -2.49. The van der Waals surface area contributed by atoms with Gasteiger partial charge in [-0.15, -0.1) is 0 Å². The number of fused-ring (bicyclic) bond motifs is 1. The number of hydrogen-bond donors (Lipinski definition) is 6. The summed E-state index contributed by atoms with van der Waals surface area (Å²) in [5.74, 6) is 0. The summed E-state index contributed by atoms with van der Waals surface area (Å²) in [6.45, 7) is -0.211. The largest absolute Gasteiger partial charge is 0.400 e. The third kappa shape index (κ3) is 4.01. The number of aliphatic hydroxyl groups excluding tert-OH is 4. The predicted molar refractivity (Wildman–Crippen MR) is 104 cm³/mol. The summed E-state index contributed by atoms with van der Waals surface area (Å²) in [6.07, 6.45) is -3.03. The molecule has 6 N–H and O–H groups in total. The lowest BCUT2D eigenvalue weighted by atomic mass is 9.91. The van der Waals surface area contributed by atoms with Crippen LogP contribution in [-0.2, 0) is 4.74 Å². The van der Waals surface area contributed by atoms with Gasteiger partial charge in [-0.2, -0.15) is 0 Å². The van der Waals surface area contributed by atoms with Gasteiger partial charge >= 0.3 is 5.69 Å². The smallest absolute Gasteiger partial charge is 0.323 e. The van der Waals surface area contributed by atoms with E-state index < -0.39 is 24.4 Å². The average molecular weight is 388 g/mol. The number of ether oxygens (including phenoxy) is 1. The van der Waals surface area contributed by atoms with Crippen molar-refractivity contribution in [3.05, 3.63) is 58.5 Å². The van der Waals surface area contributed by atoms with Crippen molar-refractivity contribution in [2.24, 2.45) is 0 Å². The first kappa shape index (κ1) is 20.2. The quantitative estimate of drug-likeness (QED) is 0.390. The molecule has 8 nitrogen and oxygen atoms in total. The van der Waals surface area contributed by atoms with Gasteiger partial charge in [0, 0.05) is 13.5 Å². The molecule has 0 aliphatic carbocycles. The molecule has 1 saturated heterocycles. The van der Waals surface area contributed by atoms with Crippen molar-refractivity contribution < 1.29 is 25.2 Å². The van der Waals surface area contributed by atoms with Crippen LogP contribution in [0.15, 0.2) is 47.3 Å². The highest BCUT2D eigenvalue weighted by Crippen LogP contribution is 2.34. The van der Waals surface area contributed by atoms with Crippen molar-refractivity contribution in [1.29, 1.82) is 0 Å². The lowest BCUT2D eigenvalue weighted by Crippen LogP contribution is -2.44. The molecule has 2 aromatic carbocycles. The summed E-state index contributed by atoms with van der Waals surface area (Å²) < 4.78 is 5.76. The van der Waals surface area contributed by atoms with Crippen molar-refractivity contribution in [1.82, 2.24) is 9.97 Å². The third-order valence-corrected chi connectivity index (χ3v) is 4.82. The molecule has 0 amide bonds. The lowest BCUT2D eigenvalue weighted by molar-refractivity contribution is -0.179. The Labute approximate surface area is 161 Å². The number of H-pyrrole nitrogens is 2. The molecule has 28 heavy (non-hydrogen) atoms. The first-order valence-electron chi connectivity index (χ1n) is 8.94. The molecular weight excluding hydrogens is 364 g/mol. The van der Waals surface area contributed by atoms with Crippen LogP contribution in [0.25, 0.3) is 22.2 Å². The van der Waals surface area contributed by atoms with E-state index in [0.29, 0.717) is 5.52 Å². The maximum atomic E-state index is 11.4. The maximum absolute atomic E-state index is 11.4. The molecule has 0 saturated carbocycles. The molecular formula is C20H24N2O6. The summed E-state index contributed by atoms with van der Waals surface area (Å²) in [6, 6.07) is 13.1. The van der Waals surface area contributed by atoms with Crippen LogP contribution in [0.4, 0.5) is 0 Å². The van der Waals surface area contributed by atoms with Gasteiger partial charge in [-0.05, 0) is 34.9 Å². The molecule has 1 aliphatic heterocycles. The number of aliphatic hydroxyl groups is 4. The van der Waals surface area contributed by atoms with E-state index in [1.165, 1.54) is 0 Å². The van der Waals surface area contributed by atoms with Crippen molar-refractivity contribution in [2.45, 2.75) is 30.8 Å². The zero-order chi connectivity index (χ0) is 20.3. The van der Waals surface area contributed by atoms with Crippen LogP contribution < -0.4 is 5.69 Å². The minimum Gasteiger partial charge on any atom is -0.400 e. The number of nitrogens with one attached hydrogen (secondary N) is 2. The summed E-state index contributed by atoms with van der Waals surface area (Å²) >= 11 is 0. The summed E-state index contributed by atoms with van der Waals surface area (Å²) in [7, 11) is 1.00. The second kappa shape index (κ2) is 8.68. The number of benzene rings is 2. The second-order valence-corrected chi connectivity index (χ2v) is 6.62. The van der Waals surface area contributed by atoms with E-state index in [9.17, 15) is 20.1 Å². The Bertz CT molecular complexity index is 982. The van der Waals surface area contributed by atoms with Crippen LogP contribution in [0, 0.1) is 0 Å². The van der Waals surface area contributed by atoms with Crippen LogP contribution in [-0.4, -0.2) is 62.4 Å². The third-order valence-electron chi connectivity index (χ3n) is 4.82. The van der Waals surface area contributed by atoms with Gasteiger partial charge in [-0.3, -0.25) is 0 Å². The molecule has 4 atom stereocenters. The Balaban J connectivity index is 0.00000109. The van der Waals surface area contributed by atoms with Crippen LogP contribution in [0.2, 0.25) is 0 Å². The first-order chi connectivity index (χ1) is 13.5. The summed E-state index contributed by atoms with van der Waals surface area (Å²) in [5.41, 5.74) is 3.70. The average Bonchev–Trinajstić information content (AvgIpc) is 3.10. The van der Waals surface area contributed by atoms with Gasteiger partial charge in [0.1, 0.15) is 12.2 Å². The highest BCUT2D eigenvalue weighted by molar-refractivity contribution is 5.81. The van der Waals surface area contributed by atoms with Crippen molar-refractivity contribution in [3.8, 4) is 11.1 Å². The van der Waals surface area contributed by atoms with Gasteiger partial charge in [-0.1, -0.05) is 24.3 Å². The second-order valence-electron chi connectivity index (χ2n) is 6.62. The van der Waals surface area contributed by atoms with Crippen LogP contribution in [0.3, 0.4) is 0 Å².